The van der Waals surface area contributed by atoms with Crippen molar-refractivity contribution in [1.82, 2.24) is 5.32 Å². The van der Waals surface area contributed by atoms with E-state index in [1.807, 2.05) is 6.92 Å². The maximum absolute atomic E-state index is 11.6. The van der Waals surface area contributed by atoms with Gasteiger partial charge in [-0.2, -0.15) is 0 Å². The molecule has 1 amide bonds. The first-order valence-corrected chi connectivity index (χ1v) is 6.41. The van der Waals surface area contributed by atoms with Gasteiger partial charge in [-0.05, 0) is 56.0 Å². The van der Waals surface area contributed by atoms with Crippen molar-refractivity contribution in [2.24, 2.45) is 0 Å². The number of carbonyl (C=O) groups is 1. The fourth-order valence-electron chi connectivity index (χ4n) is 2.84. The molecule has 90 valence electrons. The summed E-state index contributed by atoms with van der Waals surface area (Å²) in [5.41, 5.74) is 3.57. The Morgan fingerprint density at radius 1 is 1.24 bits per heavy atom. The maximum Gasteiger partial charge on any atom is 0.231 e. The lowest BCUT2D eigenvalue weighted by molar-refractivity contribution is -0.116. The van der Waals surface area contributed by atoms with Crippen molar-refractivity contribution in [2.75, 3.05) is 18.4 Å². The molecule has 1 aromatic rings. The molecule has 3 nitrogen and oxygen atoms in total. The van der Waals surface area contributed by atoms with E-state index in [0.29, 0.717) is 5.92 Å². The Labute approximate surface area is 102 Å². The number of anilines is 1. The highest BCUT2D eigenvalue weighted by Gasteiger charge is 2.27. The van der Waals surface area contributed by atoms with Crippen molar-refractivity contribution in [2.45, 2.75) is 31.6 Å². The number of piperidine rings is 1. The molecule has 1 atom stereocenters. The van der Waals surface area contributed by atoms with E-state index in [2.05, 4.69) is 28.8 Å². The third kappa shape index (κ3) is 1.84. The zero-order valence-electron chi connectivity index (χ0n) is 10.1. The number of hydrogen-bond donors (Lipinski definition) is 2. The van der Waals surface area contributed by atoms with Gasteiger partial charge in [-0.15, -0.1) is 0 Å². The van der Waals surface area contributed by atoms with Crippen molar-refractivity contribution >= 4 is 11.6 Å². The van der Waals surface area contributed by atoms with Gasteiger partial charge < -0.3 is 10.6 Å². The van der Waals surface area contributed by atoms with Crippen LogP contribution in [0, 0.1) is 0 Å². The first-order valence-electron chi connectivity index (χ1n) is 6.41. The Hall–Kier alpha value is -1.35. The molecule has 17 heavy (non-hydrogen) atoms. The average molecular weight is 230 g/mol. The van der Waals surface area contributed by atoms with Crippen LogP contribution in [0.25, 0.3) is 0 Å². The van der Waals surface area contributed by atoms with Crippen LogP contribution in [0.4, 0.5) is 5.69 Å². The first kappa shape index (κ1) is 10.8. The van der Waals surface area contributed by atoms with Crippen LogP contribution < -0.4 is 10.6 Å². The van der Waals surface area contributed by atoms with Crippen LogP contribution in [0.1, 0.15) is 42.7 Å². The molecule has 1 fully saturated rings. The highest BCUT2D eigenvalue weighted by molar-refractivity contribution is 6.02. The number of hydrogen-bond acceptors (Lipinski definition) is 2. The number of amides is 1. The molecule has 0 radical (unpaired) electrons. The van der Waals surface area contributed by atoms with Gasteiger partial charge in [0, 0.05) is 5.69 Å². The summed E-state index contributed by atoms with van der Waals surface area (Å²) in [6, 6.07) is 6.47. The zero-order valence-corrected chi connectivity index (χ0v) is 10.1. The molecule has 2 aliphatic rings. The normalized spacial score (nSPS) is 24.5. The minimum Gasteiger partial charge on any atom is -0.325 e. The molecule has 0 aromatic heterocycles. The number of benzene rings is 1. The molecule has 3 rings (SSSR count). The van der Waals surface area contributed by atoms with Crippen LogP contribution in [0.15, 0.2) is 18.2 Å². The Morgan fingerprint density at radius 3 is 2.76 bits per heavy atom. The smallest absolute Gasteiger partial charge is 0.231 e. The molecule has 0 bridgehead atoms. The number of carbonyl (C=O) groups excluding carboxylic acids is 1. The molecule has 2 heterocycles. The van der Waals surface area contributed by atoms with Crippen molar-refractivity contribution in [1.29, 1.82) is 0 Å². The van der Waals surface area contributed by atoms with Gasteiger partial charge >= 0.3 is 0 Å². The largest absolute Gasteiger partial charge is 0.325 e. The monoisotopic (exact) mass is 230 g/mol. The van der Waals surface area contributed by atoms with Crippen molar-refractivity contribution in [3.8, 4) is 0 Å². The van der Waals surface area contributed by atoms with Gasteiger partial charge in [0.05, 0.1) is 5.92 Å². The SMILES string of the molecule is CC1C(=O)Nc2ccc(C3CCNCC3)cc21. The summed E-state index contributed by atoms with van der Waals surface area (Å²) in [6.45, 7) is 4.19. The van der Waals surface area contributed by atoms with E-state index in [-0.39, 0.29) is 11.8 Å². The molecular formula is C14H18N2O. The fourth-order valence-corrected chi connectivity index (χ4v) is 2.84. The quantitative estimate of drug-likeness (QED) is 0.776. The summed E-state index contributed by atoms with van der Waals surface area (Å²) in [5, 5.41) is 6.31. The molecule has 1 aromatic carbocycles. The lowest BCUT2D eigenvalue weighted by Gasteiger charge is -2.23. The minimum absolute atomic E-state index is 0.00617. The van der Waals surface area contributed by atoms with Gasteiger partial charge in [0.15, 0.2) is 0 Å². The Morgan fingerprint density at radius 2 is 2.00 bits per heavy atom. The highest BCUT2D eigenvalue weighted by Crippen LogP contribution is 2.36. The average Bonchev–Trinajstić information content (AvgIpc) is 2.66. The molecule has 2 N–H and O–H groups in total. The molecule has 3 heteroatoms. The van der Waals surface area contributed by atoms with Crippen LogP contribution in [0.2, 0.25) is 0 Å². The topological polar surface area (TPSA) is 41.1 Å². The lowest BCUT2D eigenvalue weighted by Crippen LogP contribution is -2.26. The summed E-state index contributed by atoms with van der Waals surface area (Å²) < 4.78 is 0. The first-order chi connectivity index (χ1) is 8.25. The summed E-state index contributed by atoms with van der Waals surface area (Å²) >= 11 is 0. The summed E-state index contributed by atoms with van der Waals surface area (Å²) in [5.74, 6) is 0.790. The second-order valence-electron chi connectivity index (χ2n) is 5.08. The second kappa shape index (κ2) is 4.15. The lowest BCUT2D eigenvalue weighted by atomic mass is 9.88. The van der Waals surface area contributed by atoms with Gasteiger partial charge in [-0.25, -0.2) is 0 Å². The molecule has 0 aliphatic carbocycles. The predicted molar refractivity (Wildman–Crippen MR) is 68.3 cm³/mol. The van der Waals surface area contributed by atoms with Crippen molar-refractivity contribution in [3.05, 3.63) is 29.3 Å². The summed E-state index contributed by atoms with van der Waals surface area (Å²) in [7, 11) is 0. The van der Waals surface area contributed by atoms with E-state index in [4.69, 9.17) is 0 Å². The zero-order chi connectivity index (χ0) is 11.8. The summed E-state index contributed by atoms with van der Waals surface area (Å²) in [4.78, 5) is 11.6. The van der Waals surface area contributed by atoms with E-state index in [9.17, 15) is 4.79 Å². The molecule has 0 spiro atoms. The number of nitrogens with one attached hydrogen (secondary N) is 2. The summed E-state index contributed by atoms with van der Waals surface area (Å²) in [6.07, 6.45) is 2.41. The van der Waals surface area contributed by atoms with E-state index in [1.54, 1.807) is 0 Å². The van der Waals surface area contributed by atoms with Gasteiger partial charge in [0.2, 0.25) is 5.91 Å². The molecular weight excluding hydrogens is 212 g/mol. The van der Waals surface area contributed by atoms with Crippen molar-refractivity contribution in [3.63, 3.8) is 0 Å². The second-order valence-corrected chi connectivity index (χ2v) is 5.08. The minimum atomic E-state index is 0.00617. The molecule has 1 saturated heterocycles. The van der Waals surface area contributed by atoms with Gasteiger partial charge in [0.25, 0.3) is 0 Å². The van der Waals surface area contributed by atoms with Gasteiger partial charge in [-0.3, -0.25) is 4.79 Å². The highest BCUT2D eigenvalue weighted by atomic mass is 16.2. The Kier molecular flexibility index (Phi) is 2.63. The third-order valence-electron chi connectivity index (χ3n) is 4.00. The molecule has 0 saturated carbocycles. The van der Waals surface area contributed by atoms with E-state index >= 15 is 0 Å². The van der Waals surface area contributed by atoms with Crippen LogP contribution in [-0.4, -0.2) is 19.0 Å². The van der Waals surface area contributed by atoms with Crippen LogP contribution in [0.5, 0.6) is 0 Å². The van der Waals surface area contributed by atoms with Crippen molar-refractivity contribution < 1.29 is 4.79 Å². The van der Waals surface area contributed by atoms with E-state index in [0.717, 1.165) is 18.8 Å². The van der Waals surface area contributed by atoms with Crippen LogP contribution in [-0.2, 0) is 4.79 Å². The van der Waals surface area contributed by atoms with Crippen LogP contribution >= 0.6 is 0 Å². The maximum atomic E-state index is 11.6. The third-order valence-corrected chi connectivity index (χ3v) is 4.00. The number of fused-ring (bicyclic) bond motifs is 1. The standard InChI is InChI=1S/C14H18N2O/c1-9-12-8-11(10-4-6-15-7-5-10)2-3-13(12)16-14(9)17/h2-3,8-10,15H,4-7H2,1H3,(H,16,17). The predicted octanol–water partition coefficient (Wildman–Crippen LogP) is 2.21. The Balaban J connectivity index is 1.91. The van der Waals surface area contributed by atoms with Crippen LogP contribution in [0.3, 0.4) is 0 Å². The number of rotatable bonds is 1. The molecule has 1 unspecified atom stereocenters. The van der Waals surface area contributed by atoms with Gasteiger partial charge in [-0.1, -0.05) is 12.1 Å². The Bertz CT molecular complexity index is 450. The fraction of sp³-hybridized carbons (Fsp3) is 0.500. The van der Waals surface area contributed by atoms with E-state index < -0.39 is 0 Å². The van der Waals surface area contributed by atoms with Gasteiger partial charge in [0.1, 0.15) is 0 Å². The molecule has 2 aliphatic heterocycles. The van der Waals surface area contributed by atoms with E-state index in [1.165, 1.54) is 24.0 Å².